The fourth-order valence-corrected chi connectivity index (χ4v) is 1.90. The fourth-order valence-electron chi connectivity index (χ4n) is 1.90. The predicted octanol–water partition coefficient (Wildman–Crippen LogP) is 1.45. The molecule has 1 amide bonds. The monoisotopic (exact) mass is 252 g/mol. The molecule has 2 rings (SSSR count). The van der Waals surface area contributed by atoms with Crippen molar-refractivity contribution in [3.8, 4) is 0 Å². The molecular weight excluding hydrogens is 235 g/mol. The molecule has 1 fully saturated rings. The Labute approximate surface area is 106 Å². The van der Waals surface area contributed by atoms with E-state index in [1.807, 2.05) is 0 Å². The van der Waals surface area contributed by atoms with E-state index in [0.29, 0.717) is 24.4 Å². The zero-order valence-corrected chi connectivity index (χ0v) is 10.3. The van der Waals surface area contributed by atoms with Gasteiger partial charge in [-0.15, -0.1) is 0 Å². The molecule has 1 aromatic carbocycles. The van der Waals surface area contributed by atoms with Crippen LogP contribution < -0.4 is 10.6 Å². The number of halogens is 1. The summed E-state index contributed by atoms with van der Waals surface area (Å²) in [5.41, 5.74) is 0.970. The van der Waals surface area contributed by atoms with Crippen molar-refractivity contribution in [1.82, 2.24) is 5.32 Å². The van der Waals surface area contributed by atoms with Gasteiger partial charge in [0.15, 0.2) is 0 Å². The smallest absolute Gasteiger partial charge is 0.227 e. The molecule has 1 aliphatic heterocycles. The minimum Gasteiger partial charge on any atom is -0.375 e. The van der Waals surface area contributed by atoms with Gasteiger partial charge in [-0.25, -0.2) is 4.39 Å². The lowest BCUT2D eigenvalue weighted by molar-refractivity contribution is -0.119. The Balaban J connectivity index is 1.92. The largest absolute Gasteiger partial charge is 0.375 e. The molecule has 1 atom stereocenters. The number of hydrogen-bond donors (Lipinski definition) is 2. The molecule has 0 saturated carbocycles. The number of rotatable bonds is 3. The van der Waals surface area contributed by atoms with Crippen LogP contribution in [0.2, 0.25) is 0 Å². The number of nitrogens with one attached hydrogen (secondary N) is 2. The summed E-state index contributed by atoms with van der Waals surface area (Å²) in [7, 11) is 0. The van der Waals surface area contributed by atoms with Crippen molar-refractivity contribution in [1.29, 1.82) is 0 Å². The first-order valence-electron chi connectivity index (χ1n) is 6.04. The normalized spacial score (nSPS) is 19.6. The lowest BCUT2D eigenvalue weighted by atomic mass is 10.1. The number of benzene rings is 1. The van der Waals surface area contributed by atoms with E-state index in [0.717, 1.165) is 6.54 Å². The number of carbonyl (C=O) groups is 1. The van der Waals surface area contributed by atoms with Gasteiger partial charge >= 0.3 is 0 Å². The van der Waals surface area contributed by atoms with Gasteiger partial charge in [0.05, 0.1) is 19.1 Å². The summed E-state index contributed by atoms with van der Waals surface area (Å²) < 4.78 is 18.7. The molecule has 5 heteroatoms. The van der Waals surface area contributed by atoms with Crippen LogP contribution in [0.5, 0.6) is 0 Å². The summed E-state index contributed by atoms with van der Waals surface area (Å²) in [5.74, 6) is -0.471. The van der Waals surface area contributed by atoms with E-state index in [-0.39, 0.29) is 24.2 Å². The highest BCUT2D eigenvalue weighted by molar-refractivity contribution is 5.91. The van der Waals surface area contributed by atoms with E-state index in [2.05, 4.69) is 10.6 Å². The van der Waals surface area contributed by atoms with Gasteiger partial charge in [-0.1, -0.05) is 6.07 Å². The van der Waals surface area contributed by atoms with Crippen molar-refractivity contribution in [3.05, 3.63) is 29.6 Å². The van der Waals surface area contributed by atoms with E-state index >= 15 is 0 Å². The molecule has 0 bridgehead atoms. The molecule has 4 nitrogen and oxygen atoms in total. The Bertz CT molecular complexity index is 431. The average Bonchev–Trinajstić information content (AvgIpc) is 2.36. The lowest BCUT2D eigenvalue weighted by Gasteiger charge is -2.23. The topological polar surface area (TPSA) is 50.4 Å². The van der Waals surface area contributed by atoms with Crippen molar-refractivity contribution in [2.75, 3.05) is 25.0 Å². The maximum atomic E-state index is 13.3. The number of amides is 1. The molecule has 1 aliphatic rings. The molecule has 0 spiro atoms. The zero-order chi connectivity index (χ0) is 13.0. The van der Waals surface area contributed by atoms with Gasteiger partial charge in [0, 0.05) is 24.3 Å². The van der Waals surface area contributed by atoms with Crippen molar-refractivity contribution < 1.29 is 13.9 Å². The van der Waals surface area contributed by atoms with Crippen LogP contribution in [0.15, 0.2) is 18.2 Å². The second-order valence-corrected chi connectivity index (χ2v) is 4.36. The van der Waals surface area contributed by atoms with E-state index in [4.69, 9.17) is 4.74 Å². The molecule has 2 N–H and O–H groups in total. The number of hydrogen-bond acceptors (Lipinski definition) is 3. The Morgan fingerprint density at radius 2 is 2.44 bits per heavy atom. The van der Waals surface area contributed by atoms with E-state index in [1.54, 1.807) is 19.1 Å². The summed E-state index contributed by atoms with van der Waals surface area (Å²) in [6.07, 6.45) is 0.177. The summed E-state index contributed by atoms with van der Waals surface area (Å²) in [6.45, 7) is 3.76. The highest BCUT2D eigenvalue weighted by atomic mass is 19.1. The third-order valence-electron chi connectivity index (χ3n) is 2.96. The van der Waals surface area contributed by atoms with Gasteiger partial charge in [-0.2, -0.15) is 0 Å². The van der Waals surface area contributed by atoms with Crippen LogP contribution in [-0.2, 0) is 9.53 Å². The van der Waals surface area contributed by atoms with Crippen LogP contribution in [0.3, 0.4) is 0 Å². The second kappa shape index (κ2) is 5.93. The quantitative estimate of drug-likeness (QED) is 0.856. The maximum Gasteiger partial charge on any atom is 0.227 e. The molecule has 0 radical (unpaired) electrons. The predicted molar refractivity (Wildman–Crippen MR) is 67.0 cm³/mol. The molecule has 1 heterocycles. The number of carbonyl (C=O) groups excluding carboxylic acids is 1. The van der Waals surface area contributed by atoms with Gasteiger partial charge in [0.1, 0.15) is 5.82 Å². The molecule has 1 aromatic rings. The molecule has 98 valence electrons. The first-order valence-corrected chi connectivity index (χ1v) is 6.04. The van der Waals surface area contributed by atoms with Crippen molar-refractivity contribution >= 4 is 11.6 Å². The third kappa shape index (κ3) is 3.27. The summed E-state index contributed by atoms with van der Waals surface area (Å²) in [4.78, 5) is 11.8. The van der Waals surface area contributed by atoms with Crippen LogP contribution in [0, 0.1) is 12.7 Å². The van der Waals surface area contributed by atoms with Gasteiger partial charge in [-0.3, -0.25) is 4.79 Å². The Hall–Kier alpha value is -1.46. The maximum absolute atomic E-state index is 13.3. The SMILES string of the molecule is Cc1c(F)cccc1NC(=O)CC1CNCCO1. The van der Waals surface area contributed by atoms with Crippen molar-refractivity contribution in [2.45, 2.75) is 19.4 Å². The standard InChI is InChI=1S/C13H17FN2O2/c1-9-11(14)3-2-4-12(9)16-13(17)7-10-8-15-5-6-18-10/h2-4,10,15H,5-8H2,1H3,(H,16,17). The molecule has 1 saturated heterocycles. The number of ether oxygens (including phenoxy) is 1. The first-order chi connectivity index (χ1) is 8.66. The third-order valence-corrected chi connectivity index (χ3v) is 2.96. The van der Waals surface area contributed by atoms with E-state index in [9.17, 15) is 9.18 Å². The summed E-state index contributed by atoms with van der Waals surface area (Å²) in [5, 5.41) is 5.87. The molecule has 0 aliphatic carbocycles. The summed E-state index contributed by atoms with van der Waals surface area (Å²) >= 11 is 0. The lowest BCUT2D eigenvalue weighted by Crippen LogP contribution is -2.40. The Morgan fingerprint density at radius 1 is 1.61 bits per heavy atom. The average molecular weight is 252 g/mol. The van der Waals surface area contributed by atoms with Crippen LogP contribution in [0.1, 0.15) is 12.0 Å². The zero-order valence-electron chi connectivity index (χ0n) is 10.3. The van der Waals surface area contributed by atoms with Crippen LogP contribution in [-0.4, -0.2) is 31.7 Å². The molecule has 1 unspecified atom stereocenters. The van der Waals surface area contributed by atoms with E-state index in [1.165, 1.54) is 6.07 Å². The molecular formula is C13H17FN2O2. The molecule has 0 aromatic heterocycles. The molecule has 18 heavy (non-hydrogen) atoms. The van der Waals surface area contributed by atoms with Crippen LogP contribution in [0.25, 0.3) is 0 Å². The van der Waals surface area contributed by atoms with Gasteiger partial charge in [0.2, 0.25) is 5.91 Å². The van der Waals surface area contributed by atoms with Gasteiger partial charge < -0.3 is 15.4 Å². The Morgan fingerprint density at radius 3 is 3.17 bits per heavy atom. The van der Waals surface area contributed by atoms with Crippen LogP contribution >= 0.6 is 0 Å². The van der Waals surface area contributed by atoms with Crippen molar-refractivity contribution in [3.63, 3.8) is 0 Å². The number of anilines is 1. The van der Waals surface area contributed by atoms with Crippen LogP contribution in [0.4, 0.5) is 10.1 Å². The minimum atomic E-state index is -0.316. The van der Waals surface area contributed by atoms with E-state index < -0.39 is 0 Å². The highest BCUT2D eigenvalue weighted by Crippen LogP contribution is 2.17. The first kappa shape index (κ1) is 13.0. The fraction of sp³-hybridized carbons (Fsp3) is 0.462. The Kier molecular flexibility index (Phi) is 4.28. The minimum absolute atomic E-state index is 0.104. The number of morpholine rings is 1. The van der Waals surface area contributed by atoms with Gasteiger partial charge in [-0.05, 0) is 19.1 Å². The van der Waals surface area contributed by atoms with Crippen molar-refractivity contribution in [2.24, 2.45) is 0 Å². The highest BCUT2D eigenvalue weighted by Gasteiger charge is 2.17. The summed E-state index contributed by atoms with van der Waals surface area (Å²) in [6, 6.07) is 4.64. The second-order valence-electron chi connectivity index (χ2n) is 4.36. The van der Waals surface area contributed by atoms with Gasteiger partial charge in [0.25, 0.3) is 0 Å².